The van der Waals surface area contributed by atoms with E-state index < -0.39 is 0 Å². The molecule has 1 aliphatic heterocycles. The Labute approximate surface area is 164 Å². The predicted molar refractivity (Wildman–Crippen MR) is 109 cm³/mol. The molecule has 2 aromatic carbocycles. The van der Waals surface area contributed by atoms with E-state index in [9.17, 15) is 4.79 Å². The van der Waals surface area contributed by atoms with Gasteiger partial charge in [0.25, 0.3) is 0 Å². The second kappa shape index (κ2) is 7.77. The summed E-state index contributed by atoms with van der Waals surface area (Å²) in [7, 11) is 0. The summed E-state index contributed by atoms with van der Waals surface area (Å²) in [6, 6.07) is 14.3. The molecule has 27 heavy (non-hydrogen) atoms. The van der Waals surface area contributed by atoms with Crippen molar-refractivity contribution >= 4 is 28.8 Å². The number of carbonyl (C=O) groups excluding carboxylic acids is 1. The second-order valence-corrected chi connectivity index (χ2v) is 8.25. The van der Waals surface area contributed by atoms with Crippen LogP contribution in [0.1, 0.15) is 35.8 Å². The number of piperidine rings is 1. The van der Waals surface area contributed by atoms with Gasteiger partial charge in [-0.15, -0.1) is 11.8 Å². The van der Waals surface area contributed by atoms with Gasteiger partial charge in [0.05, 0.1) is 5.75 Å². The molecule has 1 saturated heterocycles. The maximum Gasteiger partial charge on any atom is 0.232 e. The van der Waals surface area contributed by atoms with Gasteiger partial charge in [0, 0.05) is 23.9 Å². The Bertz CT molecular complexity index is 925. The molecule has 1 fully saturated rings. The van der Waals surface area contributed by atoms with Crippen LogP contribution >= 0.6 is 11.8 Å². The molecule has 0 unspecified atom stereocenters. The molecule has 0 bridgehead atoms. The number of nitrogens with zero attached hydrogens (tertiary/aromatic N) is 2. The van der Waals surface area contributed by atoms with E-state index in [-0.39, 0.29) is 5.91 Å². The number of hydrogen-bond acceptors (Lipinski definition) is 4. The molecule has 3 aromatic rings. The molecular weight excluding hydrogens is 356 g/mol. The first-order valence-electron chi connectivity index (χ1n) is 9.43. The molecule has 0 N–H and O–H groups in total. The fraction of sp³-hybridized carbons (Fsp3) is 0.364. The molecule has 0 saturated carbocycles. The number of hydrogen-bond donors (Lipinski definition) is 0. The van der Waals surface area contributed by atoms with E-state index in [0.29, 0.717) is 11.7 Å². The topological polar surface area (TPSA) is 46.3 Å². The zero-order valence-corrected chi connectivity index (χ0v) is 16.6. The SMILES string of the molecule is Cc1ccc(C)c(SCC(=O)N2CCC(c3nc4ccccc4o3)CC2)c1. The first kappa shape index (κ1) is 18.1. The van der Waals surface area contributed by atoms with Crippen LogP contribution in [0.5, 0.6) is 0 Å². The Morgan fingerprint density at radius 3 is 2.74 bits per heavy atom. The van der Waals surface area contributed by atoms with E-state index >= 15 is 0 Å². The van der Waals surface area contributed by atoms with Gasteiger partial charge in [-0.1, -0.05) is 29.8 Å². The Hall–Kier alpha value is -2.27. The van der Waals surface area contributed by atoms with Crippen molar-refractivity contribution in [2.45, 2.75) is 37.5 Å². The summed E-state index contributed by atoms with van der Waals surface area (Å²) in [4.78, 5) is 20.4. The summed E-state index contributed by atoms with van der Waals surface area (Å²) in [5.41, 5.74) is 4.22. The third kappa shape index (κ3) is 4.03. The van der Waals surface area contributed by atoms with Crippen LogP contribution in [-0.2, 0) is 4.79 Å². The van der Waals surface area contributed by atoms with Crippen molar-refractivity contribution < 1.29 is 9.21 Å². The fourth-order valence-corrected chi connectivity index (χ4v) is 4.56. The lowest BCUT2D eigenvalue weighted by Gasteiger charge is -2.30. The van der Waals surface area contributed by atoms with Crippen LogP contribution in [0.3, 0.4) is 0 Å². The summed E-state index contributed by atoms with van der Waals surface area (Å²) in [5.74, 6) is 1.83. The molecule has 0 radical (unpaired) electrons. The van der Waals surface area contributed by atoms with Gasteiger partial charge in [0.1, 0.15) is 5.52 Å². The highest BCUT2D eigenvalue weighted by Crippen LogP contribution is 2.30. The largest absolute Gasteiger partial charge is 0.440 e. The molecule has 140 valence electrons. The van der Waals surface area contributed by atoms with Gasteiger partial charge in [0.15, 0.2) is 11.5 Å². The van der Waals surface area contributed by atoms with Gasteiger partial charge >= 0.3 is 0 Å². The smallest absolute Gasteiger partial charge is 0.232 e. The average molecular weight is 381 g/mol. The molecule has 2 heterocycles. The quantitative estimate of drug-likeness (QED) is 0.601. The van der Waals surface area contributed by atoms with Crippen molar-refractivity contribution in [3.63, 3.8) is 0 Å². The number of aryl methyl sites for hydroxylation is 2. The minimum absolute atomic E-state index is 0.219. The van der Waals surface area contributed by atoms with Gasteiger partial charge in [-0.3, -0.25) is 4.79 Å². The number of likely N-dealkylation sites (tertiary alicyclic amines) is 1. The number of carbonyl (C=O) groups is 1. The van der Waals surface area contributed by atoms with Crippen LogP contribution in [0.15, 0.2) is 51.8 Å². The predicted octanol–water partition coefficient (Wildman–Crippen LogP) is 4.94. The third-order valence-electron chi connectivity index (χ3n) is 5.20. The minimum atomic E-state index is 0.219. The van der Waals surface area contributed by atoms with E-state index in [1.807, 2.05) is 29.2 Å². The van der Waals surface area contributed by atoms with Crippen LogP contribution in [0.4, 0.5) is 0 Å². The van der Waals surface area contributed by atoms with Crippen molar-refractivity contribution in [2.24, 2.45) is 0 Å². The van der Waals surface area contributed by atoms with E-state index in [1.165, 1.54) is 16.0 Å². The van der Waals surface area contributed by atoms with Gasteiger partial charge in [0.2, 0.25) is 5.91 Å². The van der Waals surface area contributed by atoms with Crippen molar-refractivity contribution in [1.82, 2.24) is 9.88 Å². The minimum Gasteiger partial charge on any atom is -0.440 e. The Balaban J connectivity index is 1.33. The van der Waals surface area contributed by atoms with Gasteiger partial charge in [-0.25, -0.2) is 4.98 Å². The molecule has 0 atom stereocenters. The van der Waals surface area contributed by atoms with Crippen molar-refractivity contribution in [3.8, 4) is 0 Å². The lowest BCUT2D eigenvalue weighted by atomic mass is 9.97. The Morgan fingerprint density at radius 2 is 1.96 bits per heavy atom. The van der Waals surface area contributed by atoms with Crippen molar-refractivity contribution in [3.05, 3.63) is 59.5 Å². The highest BCUT2D eigenvalue weighted by Gasteiger charge is 2.27. The van der Waals surface area contributed by atoms with Crippen molar-refractivity contribution in [2.75, 3.05) is 18.8 Å². The van der Waals surface area contributed by atoms with E-state index in [0.717, 1.165) is 42.9 Å². The number of fused-ring (bicyclic) bond motifs is 1. The van der Waals surface area contributed by atoms with Gasteiger partial charge in [-0.2, -0.15) is 0 Å². The number of para-hydroxylation sites is 2. The molecule has 1 amide bonds. The molecule has 1 aliphatic rings. The normalized spacial score (nSPS) is 15.4. The van der Waals surface area contributed by atoms with Crippen LogP contribution in [0.25, 0.3) is 11.1 Å². The highest BCUT2D eigenvalue weighted by molar-refractivity contribution is 8.00. The highest BCUT2D eigenvalue weighted by atomic mass is 32.2. The second-order valence-electron chi connectivity index (χ2n) is 7.23. The molecular formula is C22H24N2O2S. The van der Waals surface area contributed by atoms with Gasteiger partial charge < -0.3 is 9.32 Å². The Kier molecular flexibility index (Phi) is 5.21. The van der Waals surface area contributed by atoms with Crippen LogP contribution in [0, 0.1) is 13.8 Å². The summed E-state index contributed by atoms with van der Waals surface area (Å²) < 4.78 is 5.91. The number of amides is 1. The van der Waals surface area contributed by atoms with Crippen LogP contribution in [0.2, 0.25) is 0 Å². The molecule has 4 nitrogen and oxygen atoms in total. The molecule has 4 rings (SSSR count). The Morgan fingerprint density at radius 1 is 1.19 bits per heavy atom. The van der Waals surface area contributed by atoms with Gasteiger partial charge in [-0.05, 0) is 50.5 Å². The fourth-order valence-electron chi connectivity index (χ4n) is 3.53. The summed E-state index contributed by atoms with van der Waals surface area (Å²) in [6.45, 7) is 5.73. The maximum absolute atomic E-state index is 12.6. The summed E-state index contributed by atoms with van der Waals surface area (Å²) >= 11 is 1.64. The number of aromatic nitrogens is 1. The number of oxazole rings is 1. The van der Waals surface area contributed by atoms with Crippen LogP contribution < -0.4 is 0 Å². The number of rotatable bonds is 4. The molecule has 5 heteroatoms. The van der Waals surface area contributed by atoms with E-state index in [1.54, 1.807) is 11.8 Å². The maximum atomic E-state index is 12.6. The monoisotopic (exact) mass is 380 g/mol. The first-order chi connectivity index (χ1) is 13.1. The van der Waals surface area contributed by atoms with Crippen LogP contribution in [-0.4, -0.2) is 34.6 Å². The molecule has 0 aliphatic carbocycles. The average Bonchev–Trinajstić information content (AvgIpc) is 3.13. The number of thioether (sulfide) groups is 1. The van der Waals surface area contributed by atoms with E-state index in [2.05, 4.69) is 37.0 Å². The summed E-state index contributed by atoms with van der Waals surface area (Å²) in [5, 5.41) is 0. The van der Waals surface area contributed by atoms with E-state index in [4.69, 9.17) is 4.42 Å². The lowest BCUT2D eigenvalue weighted by molar-refractivity contribution is -0.129. The zero-order valence-electron chi connectivity index (χ0n) is 15.8. The zero-order chi connectivity index (χ0) is 18.8. The molecule has 0 spiro atoms. The number of benzene rings is 2. The third-order valence-corrected chi connectivity index (χ3v) is 6.34. The van der Waals surface area contributed by atoms with Crippen molar-refractivity contribution in [1.29, 1.82) is 0 Å². The first-order valence-corrected chi connectivity index (χ1v) is 10.4. The molecule has 1 aromatic heterocycles. The standard InChI is InChI=1S/C22H24N2O2S/c1-15-7-8-16(2)20(13-15)27-14-21(25)24-11-9-17(10-12-24)22-23-18-5-3-4-6-19(18)26-22/h3-8,13,17H,9-12,14H2,1-2H3. The summed E-state index contributed by atoms with van der Waals surface area (Å²) in [6.07, 6.45) is 1.82. The lowest BCUT2D eigenvalue weighted by Crippen LogP contribution is -2.39.